The normalized spacial score (nSPS) is 9.80. The summed E-state index contributed by atoms with van der Waals surface area (Å²) in [5.74, 6) is 2.25. The molecule has 0 saturated heterocycles. The van der Waals surface area contributed by atoms with Gasteiger partial charge in [0.2, 0.25) is 0 Å². The Hall–Kier alpha value is -1.69. The van der Waals surface area contributed by atoms with Crippen LogP contribution in [0.15, 0.2) is 0 Å². The minimum absolute atomic E-state index is 0.318. The van der Waals surface area contributed by atoms with E-state index in [4.69, 9.17) is 11.2 Å². The standard InChI is InChI=1S/C12H15NO2/c1-6-7-10-8(2)13(4)9(3)11(10)12(14)15-5/h1H,7H2,2-5H3. The zero-order valence-electron chi connectivity index (χ0n) is 9.55. The van der Waals surface area contributed by atoms with Crippen LogP contribution < -0.4 is 0 Å². The Bertz CT molecular complexity index is 435. The lowest BCUT2D eigenvalue weighted by molar-refractivity contribution is 0.0599. The molecule has 1 aromatic rings. The van der Waals surface area contributed by atoms with Gasteiger partial charge >= 0.3 is 5.97 Å². The van der Waals surface area contributed by atoms with Gasteiger partial charge < -0.3 is 9.30 Å². The van der Waals surface area contributed by atoms with E-state index in [0.717, 1.165) is 17.0 Å². The smallest absolute Gasteiger partial charge is 0.340 e. The van der Waals surface area contributed by atoms with Crippen LogP contribution in [-0.4, -0.2) is 17.6 Å². The van der Waals surface area contributed by atoms with Gasteiger partial charge in [-0.3, -0.25) is 0 Å². The van der Waals surface area contributed by atoms with Crippen molar-refractivity contribution >= 4 is 5.97 Å². The first-order valence-corrected chi connectivity index (χ1v) is 4.71. The van der Waals surface area contributed by atoms with E-state index < -0.39 is 0 Å². The van der Waals surface area contributed by atoms with Crippen LogP contribution in [0.1, 0.15) is 27.3 Å². The van der Waals surface area contributed by atoms with Gasteiger partial charge in [0.1, 0.15) is 0 Å². The number of carbonyl (C=O) groups excluding carboxylic acids is 1. The second-order valence-electron chi connectivity index (χ2n) is 3.46. The van der Waals surface area contributed by atoms with E-state index in [2.05, 4.69) is 5.92 Å². The molecule has 15 heavy (non-hydrogen) atoms. The second-order valence-corrected chi connectivity index (χ2v) is 3.46. The highest BCUT2D eigenvalue weighted by molar-refractivity contribution is 5.93. The number of methoxy groups -OCH3 is 1. The van der Waals surface area contributed by atoms with Crippen LogP contribution in [0.4, 0.5) is 0 Å². The fourth-order valence-electron chi connectivity index (χ4n) is 1.71. The molecule has 0 unspecified atom stereocenters. The fraction of sp³-hybridized carbons (Fsp3) is 0.417. The molecule has 0 N–H and O–H groups in total. The van der Waals surface area contributed by atoms with Crippen LogP contribution >= 0.6 is 0 Å². The van der Waals surface area contributed by atoms with Gasteiger partial charge in [0.15, 0.2) is 0 Å². The molecule has 0 radical (unpaired) electrons. The lowest BCUT2D eigenvalue weighted by atomic mass is 10.1. The number of nitrogens with zero attached hydrogens (tertiary/aromatic N) is 1. The molecular weight excluding hydrogens is 190 g/mol. The zero-order valence-corrected chi connectivity index (χ0v) is 9.55. The maximum atomic E-state index is 11.6. The third-order valence-electron chi connectivity index (χ3n) is 2.77. The average molecular weight is 205 g/mol. The minimum Gasteiger partial charge on any atom is -0.465 e. The summed E-state index contributed by atoms with van der Waals surface area (Å²) in [6, 6.07) is 0. The maximum absolute atomic E-state index is 11.6. The Morgan fingerprint density at radius 1 is 1.47 bits per heavy atom. The Morgan fingerprint density at radius 3 is 2.53 bits per heavy atom. The van der Waals surface area contributed by atoms with Crippen LogP contribution in [0.5, 0.6) is 0 Å². The van der Waals surface area contributed by atoms with E-state index in [1.807, 2.05) is 25.5 Å². The predicted molar refractivity (Wildman–Crippen MR) is 58.8 cm³/mol. The summed E-state index contributed by atoms with van der Waals surface area (Å²) < 4.78 is 6.71. The van der Waals surface area contributed by atoms with E-state index in [0.29, 0.717) is 12.0 Å². The number of hydrogen-bond acceptors (Lipinski definition) is 2. The molecule has 0 amide bonds. The Morgan fingerprint density at radius 2 is 2.07 bits per heavy atom. The maximum Gasteiger partial charge on any atom is 0.340 e. The van der Waals surface area contributed by atoms with Crippen molar-refractivity contribution in [3.63, 3.8) is 0 Å². The molecule has 0 aliphatic carbocycles. The fourth-order valence-corrected chi connectivity index (χ4v) is 1.71. The minimum atomic E-state index is -0.318. The van der Waals surface area contributed by atoms with Crippen molar-refractivity contribution < 1.29 is 9.53 Å². The van der Waals surface area contributed by atoms with E-state index in [1.54, 1.807) is 0 Å². The molecule has 3 heteroatoms. The third kappa shape index (κ3) is 1.75. The summed E-state index contributed by atoms with van der Waals surface area (Å²) in [4.78, 5) is 11.6. The summed E-state index contributed by atoms with van der Waals surface area (Å²) in [6.45, 7) is 3.84. The summed E-state index contributed by atoms with van der Waals surface area (Å²) in [7, 11) is 3.29. The lowest BCUT2D eigenvalue weighted by Crippen LogP contribution is -2.05. The number of terminal acetylenes is 1. The van der Waals surface area contributed by atoms with Crippen molar-refractivity contribution in [2.45, 2.75) is 20.3 Å². The van der Waals surface area contributed by atoms with Gasteiger partial charge in [-0.25, -0.2) is 4.79 Å². The highest BCUT2D eigenvalue weighted by Crippen LogP contribution is 2.22. The second kappa shape index (κ2) is 4.22. The summed E-state index contributed by atoms with van der Waals surface area (Å²) in [5, 5.41) is 0. The zero-order chi connectivity index (χ0) is 11.6. The Labute approximate surface area is 90.0 Å². The van der Waals surface area contributed by atoms with Gasteiger partial charge in [-0.15, -0.1) is 12.3 Å². The van der Waals surface area contributed by atoms with Crippen LogP contribution in [-0.2, 0) is 18.2 Å². The number of hydrogen-bond donors (Lipinski definition) is 0. The SMILES string of the molecule is C#CCc1c(C(=O)OC)c(C)n(C)c1C. The van der Waals surface area contributed by atoms with Crippen molar-refractivity contribution in [2.24, 2.45) is 7.05 Å². The molecule has 0 aliphatic rings. The van der Waals surface area contributed by atoms with Crippen LogP contribution in [0.2, 0.25) is 0 Å². The monoisotopic (exact) mass is 205 g/mol. The van der Waals surface area contributed by atoms with Crippen molar-refractivity contribution in [2.75, 3.05) is 7.11 Å². The first kappa shape index (κ1) is 11.4. The summed E-state index contributed by atoms with van der Waals surface area (Å²) in [5.41, 5.74) is 3.41. The van der Waals surface area contributed by atoms with Gasteiger partial charge in [0, 0.05) is 24.9 Å². The topological polar surface area (TPSA) is 31.2 Å². The molecule has 0 fully saturated rings. The van der Waals surface area contributed by atoms with Crippen LogP contribution in [0.3, 0.4) is 0 Å². The Balaban J connectivity index is 3.42. The quantitative estimate of drug-likeness (QED) is 0.542. The summed E-state index contributed by atoms with van der Waals surface area (Å²) in [6.07, 6.45) is 5.74. The van der Waals surface area contributed by atoms with Crippen molar-refractivity contribution in [1.82, 2.24) is 4.57 Å². The molecule has 0 bridgehead atoms. The van der Waals surface area contributed by atoms with Gasteiger partial charge in [-0.05, 0) is 19.4 Å². The lowest BCUT2D eigenvalue weighted by Gasteiger charge is -2.01. The van der Waals surface area contributed by atoms with Gasteiger partial charge in [0.25, 0.3) is 0 Å². The molecule has 80 valence electrons. The molecule has 3 nitrogen and oxygen atoms in total. The number of aromatic nitrogens is 1. The number of carbonyl (C=O) groups is 1. The van der Waals surface area contributed by atoms with Crippen LogP contribution in [0.25, 0.3) is 0 Å². The molecule has 1 heterocycles. The molecule has 0 saturated carbocycles. The predicted octanol–water partition coefficient (Wildman–Crippen LogP) is 1.60. The highest BCUT2D eigenvalue weighted by Gasteiger charge is 2.21. The van der Waals surface area contributed by atoms with E-state index in [-0.39, 0.29) is 5.97 Å². The van der Waals surface area contributed by atoms with Crippen molar-refractivity contribution in [3.05, 3.63) is 22.5 Å². The van der Waals surface area contributed by atoms with Crippen LogP contribution in [0, 0.1) is 26.2 Å². The molecule has 0 spiro atoms. The van der Waals surface area contributed by atoms with E-state index in [9.17, 15) is 4.79 Å². The van der Waals surface area contributed by atoms with Gasteiger partial charge in [-0.1, -0.05) is 0 Å². The van der Waals surface area contributed by atoms with E-state index >= 15 is 0 Å². The summed E-state index contributed by atoms with van der Waals surface area (Å²) >= 11 is 0. The number of ether oxygens (including phenoxy) is 1. The third-order valence-corrected chi connectivity index (χ3v) is 2.77. The molecule has 0 atom stereocenters. The van der Waals surface area contributed by atoms with Gasteiger partial charge in [0.05, 0.1) is 12.7 Å². The molecule has 1 aromatic heterocycles. The largest absolute Gasteiger partial charge is 0.465 e. The molecular formula is C12H15NO2. The van der Waals surface area contributed by atoms with E-state index in [1.165, 1.54) is 7.11 Å². The number of esters is 1. The molecule has 1 rings (SSSR count). The Kier molecular flexibility index (Phi) is 3.21. The highest BCUT2D eigenvalue weighted by atomic mass is 16.5. The average Bonchev–Trinajstić information content (AvgIpc) is 2.44. The molecule has 0 aliphatic heterocycles. The number of rotatable bonds is 2. The first-order valence-electron chi connectivity index (χ1n) is 4.71. The van der Waals surface area contributed by atoms with Gasteiger partial charge in [-0.2, -0.15) is 0 Å². The first-order chi connectivity index (χ1) is 7.04. The molecule has 0 aromatic carbocycles. The van der Waals surface area contributed by atoms with Crippen molar-refractivity contribution in [1.29, 1.82) is 0 Å². The van der Waals surface area contributed by atoms with Crippen molar-refractivity contribution in [3.8, 4) is 12.3 Å².